The standard InChI is InChI=1S/C50H28O/c1-2-13-45-41(10-1)44-12-5-11-40(50(44)51-45)37-27-35(38-22-18-33-16-14-29-6-3-8-31-20-24-42(38)48(33)46(29)31)26-36(28-37)39-23-19-34-17-15-30-7-4-9-32-21-25-43(39)49(34)47(30)32/h1-28H/i3D,4D,6D,7D,8D,9D,14D,15D,16D,17D,18D,19D,20D,21D,22D,23D,24D. The van der Waals surface area contributed by atoms with Crippen molar-refractivity contribution >= 4 is 86.6 Å². The summed E-state index contributed by atoms with van der Waals surface area (Å²) in [5, 5.41) is 0.885. The lowest BCUT2D eigenvalue weighted by molar-refractivity contribution is 0.670. The highest BCUT2D eigenvalue weighted by Crippen LogP contribution is 2.45. The molecule has 0 aliphatic rings. The summed E-state index contributed by atoms with van der Waals surface area (Å²) in [6.45, 7) is 0. The third kappa shape index (κ3) is 3.75. The molecule has 0 atom stereocenters. The number of hydrogen-bond donors (Lipinski definition) is 0. The van der Waals surface area contributed by atoms with E-state index in [9.17, 15) is 9.60 Å². The molecule has 0 bridgehead atoms. The molecule has 0 spiro atoms. The fraction of sp³-hybridized carbons (Fsp3) is 0. The Morgan fingerprint density at radius 1 is 0.353 bits per heavy atom. The second kappa shape index (κ2) is 9.94. The molecule has 1 nitrogen and oxygen atoms in total. The molecular weight excluding hydrogens is 617 g/mol. The SMILES string of the molecule is [2H]c1c(-c2cc(-c3cccc4c3oc3ccccc34)cc(-c3c([2H])c([2H])c4c([2H])c([2H])c5c([2H])c([2H])c([2H])c6c([2H])c([2H])c3c4c56)c2)c2cc([2H])c3c([2H])c([2H])c([2H])c4c([2H])c([2H])c(c1[2H])c2c34. The van der Waals surface area contributed by atoms with E-state index in [-0.39, 0.29) is 92.9 Å². The van der Waals surface area contributed by atoms with Crippen LogP contribution in [0.5, 0.6) is 0 Å². The van der Waals surface area contributed by atoms with Crippen LogP contribution in [0.25, 0.3) is 120 Å². The molecule has 0 unspecified atom stereocenters. The molecule has 0 aliphatic carbocycles. The van der Waals surface area contributed by atoms with Crippen molar-refractivity contribution in [2.24, 2.45) is 0 Å². The van der Waals surface area contributed by atoms with Crippen LogP contribution in [0.4, 0.5) is 0 Å². The van der Waals surface area contributed by atoms with Gasteiger partial charge in [-0.25, -0.2) is 0 Å². The van der Waals surface area contributed by atoms with Crippen molar-refractivity contribution in [2.75, 3.05) is 0 Å². The maximum absolute atomic E-state index is 9.66. The van der Waals surface area contributed by atoms with Crippen LogP contribution in [0.3, 0.4) is 0 Å². The van der Waals surface area contributed by atoms with Crippen LogP contribution in [0, 0.1) is 0 Å². The predicted octanol–water partition coefficient (Wildman–Crippen LogP) is 14.4. The van der Waals surface area contributed by atoms with Gasteiger partial charge in [0.05, 0.1) is 23.3 Å². The first-order chi connectivity index (χ1) is 32.4. The van der Waals surface area contributed by atoms with Crippen molar-refractivity contribution in [3.05, 3.63) is 169 Å². The Morgan fingerprint density at radius 2 is 0.863 bits per heavy atom. The molecule has 1 heteroatoms. The monoisotopic (exact) mass is 661 g/mol. The maximum atomic E-state index is 9.66. The Kier molecular flexibility index (Phi) is 3.10. The molecule has 0 amide bonds. The molecule has 0 saturated carbocycles. The predicted molar refractivity (Wildman–Crippen MR) is 217 cm³/mol. The summed E-state index contributed by atoms with van der Waals surface area (Å²) in [6.07, 6.45) is 0. The number of hydrogen-bond acceptors (Lipinski definition) is 1. The molecule has 234 valence electrons. The molecule has 51 heavy (non-hydrogen) atoms. The fourth-order valence-corrected chi connectivity index (χ4v) is 7.69. The Morgan fingerprint density at radius 3 is 1.55 bits per heavy atom. The lowest BCUT2D eigenvalue weighted by Gasteiger charge is -2.18. The van der Waals surface area contributed by atoms with E-state index >= 15 is 0 Å². The van der Waals surface area contributed by atoms with Crippen LogP contribution in [0.15, 0.2) is 174 Å². The van der Waals surface area contributed by atoms with Gasteiger partial charge >= 0.3 is 0 Å². The number of fused-ring (bicyclic) bond motifs is 3. The number of rotatable bonds is 3. The topological polar surface area (TPSA) is 13.1 Å². The van der Waals surface area contributed by atoms with Crippen LogP contribution in [-0.4, -0.2) is 0 Å². The first-order valence-corrected chi connectivity index (χ1v) is 16.3. The summed E-state index contributed by atoms with van der Waals surface area (Å²) in [5.74, 6) is 0. The van der Waals surface area contributed by atoms with Crippen LogP contribution >= 0.6 is 0 Å². The van der Waals surface area contributed by atoms with Crippen LogP contribution < -0.4 is 0 Å². The smallest absolute Gasteiger partial charge is 0.143 e. The van der Waals surface area contributed by atoms with Gasteiger partial charge in [-0.3, -0.25) is 0 Å². The van der Waals surface area contributed by atoms with Crippen molar-refractivity contribution in [2.45, 2.75) is 0 Å². The Balaban J connectivity index is 1.30. The highest BCUT2D eigenvalue weighted by molar-refractivity contribution is 6.27. The van der Waals surface area contributed by atoms with Gasteiger partial charge in [0.2, 0.25) is 0 Å². The number of furan rings is 1. The molecule has 12 aromatic rings. The average Bonchev–Trinajstić information content (AvgIpc) is 3.70. The van der Waals surface area contributed by atoms with E-state index in [1.54, 1.807) is 24.3 Å². The highest BCUT2D eigenvalue weighted by atomic mass is 16.3. The van der Waals surface area contributed by atoms with E-state index in [1.807, 2.05) is 36.4 Å². The van der Waals surface area contributed by atoms with Gasteiger partial charge in [-0.2, -0.15) is 0 Å². The molecular formula is C50H28O. The van der Waals surface area contributed by atoms with E-state index in [0.29, 0.717) is 22.3 Å². The number of benzene rings is 11. The Hall–Kier alpha value is -6.70. The summed E-state index contributed by atoms with van der Waals surface area (Å²) in [6, 6.07) is 11.0. The van der Waals surface area contributed by atoms with E-state index < -0.39 is 96.7 Å². The van der Waals surface area contributed by atoms with Gasteiger partial charge in [-0.05, 0) is 117 Å². The second-order valence-corrected chi connectivity index (χ2v) is 12.7. The average molecular weight is 662 g/mol. The molecule has 0 fully saturated rings. The zero-order valence-electron chi connectivity index (χ0n) is 43.3. The summed E-state index contributed by atoms with van der Waals surface area (Å²) in [5.41, 5.74) is 2.35. The Labute approximate surface area is 317 Å². The van der Waals surface area contributed by atoms with Crippen molar-refractivity contribution in [3.8, 4) is 33.4 Å². The minimum absolute atomic E-state index is 0.00197. The van der Waals surface area contributed by atoms with Gasteiger partial charge < -0.3 is 4.42 Å². The number of para-hydroxylation sites is 2. The first kappa shape index (κ1) is 15.9. The van der Waals surface area contributed by atoms with Crippen molar-refractivity contribution < 1.29 is 27.7 Å². The van der Waals surface area contributed by atoms with Crippen molar-refractivity contribution in [3.63, 3.8) is 0 Å². The molecule has 1 heterocycles. The van der Waals surface area contributed by atoms with Gasteiger partial charge in [0.15, 0.2) is 0 Å². The molecule has 11 aromatic carbocycles. The lowest BCUT2D eigenvalue weighted by atomic mass is 9.86. The fourth-order valence-electron chi connectivity index (χ4n) is 7.69. The summed E-state index contributed by atoms with van der Waals surface area (Å²) < 4.78 is 161. The van der Waals surface area contributed by atoms with Crippen molar-refractivity contribution in [1.82, 2.24) is 0 Å². The summed E-state index contributed by atoms with van der Waals surface area (Å²) in [4.78, 5) is 0. The van der Waals surface area contributed by atoms with E-state index in [2.05, 4.69) is 0 Å². The van der Waals surface area contributed by atoms with Crippen molar-refractivity contribution in [1.29, 1.82) is 0 Å². The van der Waals surface area contributed by atoms with Crippen LogP contribution in [-0.2, 0) is 0 Å². The van der Waals surface area contributed by atoms with E-state index in [0.717, 1.165) is 10.8 Å². The largest absolute Gasteiger partial charge is 0.455 e. The minimum atomic E-state index is -0.597. The van der Waals surface area contributed by atoms with Crippen LogP contribution in [0.2, 0.25) is 0 Å². The molecule has 12 rings (SSSR count). The molecule has 0 N–H and O–H groups in total. The lowest BCUT2D eigenvalue weighted by Crippen LogP contribution is -1.91. The van der Waals surface area contributed by atoms with E-state index in [4.69, 9.17) is 18.1 Å². The zero-order valence-corrected chi connectivity index (χ0v) is 26.3. The zero-order chi connectivity index (χ0) is 48.0. The maximum Gasteiger partial charge on any atom is 0.143 e. The Bertz CT molecular complexity index is 4320. The van der Waals surface area contributed by atoms with Gasteiger partial charge in [-0.15, -0.1) is 0 Å². The second-order valence-electron chi connectivity index (χ2n) is 12.7. The minimum Gasteiger partial charge on any atom is -0.455 e. The van der Waals surface area contributed by atoms with E-state index in [1.165, 1.54) is 6.07 Å². The third-order valence-corrected chi connectivity index (χ3v) is 9.94. The van der Waals surface area contributed by atoms with Gasteiger partial charge in [-0.1, -0.05) is 145 Å². The molecule has 0 radical (unpaired) electrons. The molecule has 0 saturated heterocycles. The summed E-state index contributed by atoms with van der Waals surface area (Å²) in [7, 11) is 0. The van der Waals surface area contributed by atoms with Gasteiger partial charge in [0.25, 0.3) is 0 Å². The third-order valence-electron chi connectivity index (χ3n) is 9.94. The summed E-state index contributed by atoms with van der Waals surface area (Å²) >= 11 is 0. The first-order valence-electron chi connectivity index (χ1n) is 24.8. The highest BCUT2D eigenvalue weighted by Gasteiger charge is 2.19. The molecule has 1 aromatic heterocycles. The van der Waals surface area contributed by atoms with Crippen LogP contribution in [0.1, 0.15) is 23.3 Å². The quantitative estimate of drug-likeness (QED) is 0.172. The van der Waals surface area contributed by atoms with Gasteiger partial charge in [0.1, 0.15) is 11.2 Å². The normalized spacial score (nSPS) is 17.0. The molecule has 0 aliphatic heterocycles. The van der Waals surface area contributed by atoms with Gasteiger partial charge in [0, 0.05) is 16.3 Å².